The van der Waals surface area contributed by atoms with Gasteiger partial charge in [0.25, 0.3) is 0 Å². The number of rotatable bonds is 8. The fourth-order valence-corrected chi connectivity index (χ4v) is 4.05. The summed E-state index contributed by atoms with van der Waals surface area (Å²) in [7, 11) is 0. The van der Waals surface area contributed by atoms with Gasteiger partial charge < -0.3 is 11.1 Å². The normalized spacial score (nSPS) is 12.0. The van der Waals surface area contributed by atoms with E-state index < -0.39 is 11.7 Å². The van der Waals surface area contributed by atoms with E-state index in [0.717, 1.165) is 40.9 Å². The van der Waals surface area contributed by atoms with Crippen molar-refractivity contribution >= 4 is 33.1 Å². The van der Waals surface area contributed by atoms with Crippen LogP contribution in [0.4, 0.5) is 18.9 Å². The van der Waals surface area contributed by atoms with Gasteiger partial charge in [-0.25, -0.2) is 0 Å². The molecule has 0 radical (unpaired) electrons. The summed E-state index contributed by atoms with van der Waals surface area (Å²) in [6.45, 7) is 6.17. The number of halogens is 4. The molecule has 0 fully saturated rings. The predicted molar refractivity (Wildman–Crippen MR) is 137 cm³/mol. The molecule has 0 unspecified atom stereocenters. The summed E-state index contributed by atoms with van der Waals surface area (Å²) in [6, 6.07) is 18.5. The van der Waals surface area contributed by atoms with Crippen LogP contribution in [0.25, 0.3) is 5.70 Å². The number of nitrogens with one attached hydrogen (secondary N) is 1. The van der Waals surface area contributed by atoms with Gasteiger partial charge in [-0.1, -0.05) is 72.3 Å². The molecule has 3 N–H and O–H groups in total. The lowest BCUT2D eigenvalue weighted by atomic mass is 10.00. The fourth-order valence-electron chi connectivity index (χ4n) is 3.64. The molecule has 3 aromatic carbocycles. The van der Waals surface area contributed by atoms with E-state index in [9.17, 15) is 13.2 Å². The highest BCUT2D eigenvalue weighted by atomic mass is 79.9. The first kappa shape index (κ1) is 25.6. The summed E-state index contributed by atoms with van der Waals surface area (Å²) in [5, 5.41) is 3.23. The number of hydrogen-bond acceptors (Lipinski definition) is 2. The highest BCUT2D eigenvalue weighted by Crippen LogP contribution is 2.32. The smallest absolute Gasteiger partial charge is 0.398 e. The number of alkyl halides is 3. The Labute approximate surface area is 206 Å². The molecule has 0 aromatic heterocycles. The molecule has 0 atom stereocenters. The van der Waals surface area contributed by atoms with E-state index in [-0.39, 0.29) is 12.1 Å². The van der Waals surface area contributed by atoms with Gasteiger partial charge in [-0.15, -0.1) is 0 Å². The lowest BCUT2D eigenvalue weighted by Crippen LogP contribution is -2.24. The monoisotopic (exact) mass is 529 g/mol. The van der Waals surface area contributed by atoms with Gasteiger partial charge in [-0.2, -0.15) is 13.2 Å². The molecule has 0 aliphatic carbocycles. The van der Waals surface area contributed by atoms with Crippen molar-refractivity contribution in [2.45, 2.75) is 38.9 Å². The van der Waals surface area contributed by atoms with Gasteiger partial charge in [0.2, 0.25) is 0 Å². The number of aryl methyl sites for hydroxylation is 1. The van der Waals surface area contributed by atoms with Crippen LogP contribution in [0.2, 0.25) is 0 Å². The number of para-hydroxylation sites is 1. The van der Waals surface area contributed by atoms with E-state index in [4.69, 9.17) is 5.73 Å². The van der Waals surface area contributed by atoms with Gasteiger partial charge in [0, 0.05) is 27.0 Å². The molecule has 0 bridgehead atoms. The van der Waals surface area contributed by atoms with Crippen LogP contribution in [-0.4, -0.2) is 5.84 Å². The Morgan fingerprint density at radius 1 is 1.00 bits per heavy atom. The first-order valence-corrected chi connectivity index (χ1v) is 11.8. The molecule has 3 nitrogen and oxygen atoms in total. The summed E-state index contributed by atoms with van der Waals surface area (Å²) < 4.78 is 41.4. The molecule has 0 saturated heterocycles. The van der Waals surface area contributed by atoms with Crippen LogP contribution >= 0.6 is 15.9 Å². The first-order chi connectivity index (χ1) is 16.2. The molecular weight excluding hydrogens is 503 g/mol. The van der Waals surface area contributed by atoms with Crippen LogP contribution in [0.15, 0.2) is 82.8 Å². The first-order valence-electron chi connectivity index (χ1n) is 11.0. The summed E-state index contributed by atoms with van der Waals surface area (Å²) in [5.41, 5.74) is 9.28. The number of unbranched alkanes of at least 4 members (excludes halogenated alkanes) is 1. The number of hydrogen-bond donors (Lipinski definition) is 2. The maximum Gasteiger partial charge on any atom is 0.416 e. The van der Waals surface area contributed by atoms with Crippen molar-refractivity contribution in [1.29, 1.82) is 0 Å². The SMILES string of the molecule is C=C(NC(=NCc1ccccc1C(F)(F)F)c1ccccc1N)c1ccc(Br)cc1CCCC. The molecule has 34 heavy (non-hydrogen) atoms. The second kappa shape index (κ2) is 11.4. The molecule has 0 amide bonds. The molecular formula is C27H27BrF3N3. The van der Waals surface area contributed by atoms with E-state index in [0.29, 0.717) is 22.8 Å². The second-order valence-corrected chi connectivity index (χ2v) is 8.83. The number of nitrogens with two attached hydrogens (primary N) is 1. The third kappa shape index (κ3) is 6.50. The van der Waals surface area contributed by atoms with Crippen molar-refractivity contribution in [3.8, 4) is 0 Å². The summed E-state index contributed by atoms with van der Waals surface area (Å²) in [6.07, 6.45) is -1.50. The van der Waals surface area contributed by atoms with Crippen molar-refractivity contribution in [2.24, 2.45) is 4.99 Å². The van der Waals surface area contributed by atoms with E-state index in [1.807, 2.05) is 18.2 Å². The lowest BCUT2D eigenvalue weighted by Gasteiger charge is -2.18. The Morgan fingerprint density at radius 2 is 1.71 bits per heavy atom. The predicted octanol–water partition coefficient (Wildman–Crippen LogP) is 7.60. The zero-order chi connectivity index (χ0) is 24.7. The topological polar surface area (TPSA) is 50.4 Å². The Kier molecular flexibility index (Phi) is 8.56. The number of aliphatic imine (C=N–C) groups is 1. The van der Waals surface area contributed by atoms with Crippen LogP contribution < -0.4 is 11.1 Å². The van der Waals surface area contributed by atoms with Gasteiger partial charge >= 0.3 is 6.18 Å². The van der Waals surface area contributed by atoms with Gasteiger partial charge in [0.05, 0.1) is 12.1 Å². The molecule has 3 aromatic rings. The van der Waals surface area contributed by atoms with Crippen LogP contribution in [-0.2, 0) is 19.1 Å². The number of benzene rings is 3. The van der Waals surface area contributed by atoms with Gasteiger partial charge in [-0.05, 0) is 54.3 Å². The van der Waals surface area contributed by atoms with Gasteiger partial charge in [0.15, 0.2) is 0 Å². The van der Waals surface area contributed by atoms with Crippen LogP contribution in [0.5, 0.6) is 0 Å². The van der Waals surface area contributed by atoms with E-state index in [1.54, 1.807) is 24.3 Å². The average Bonchev–Trinajstić information content (AvgIpc) is 2.80. The van der Waals surface area contributed by atoms with E-state index in [2.05, 4.69) is 45.8 Å². The molecule has 0 saturated carbocycles. The van der Waals surface area contributed by atoms with Gasteiger partial charge in [0.1, 0.15) is 5.84 Å². The second-order valence-electron chi connectivity index (χ2n) is 7.92. The van der Waals surface area contributed by atoms with E-state index in [1.165, 1.54) is 12.1 Å². The Balaban J connectivity index is 1.98. The number of amidine groups is 1. The molecule has 0 spiro atoms. The molecule has 0 heterocycles. The number of nitrogen functional groups attached to an aromatic ring is 1. The quantitative estimate of drug-likeness (QED) is 0.179. The molecule has 0 aliphatic rings. The Bertz CT molecular complexity index is 1190. The standard InChI is InChI=1S/C27H27BrF3N3/c1-3-4-9-19-16-21(28)14-15-22(19)18(2)34-26(23-11-6-8-13-25(23)32)33-17-20-10-5-7-12-24(20)27(29,30)31/h5-8,10-16H,2-4,9,17,32H2,1H3,(H,33,34). The maximum atomic E-state index is 13.5. The highest BCUT2D eigenvalue weighted by molar-refractivity contribution is 9.10. The summed E-state index contributed by atoms with van der Waals surface area (Å²) in [4.78, 5) is 4.53. The van der Waals surface area contributed by atoms with Crippen molar-refractivity contribution in [3.05, 3.63) is 106 Å². The minimum atomic E-state index is -4.46. The average molecular weight is 530 g/mol. The maximum absolute atomic E-state index is 13.5. The summed E-state index contributed by atoms with van der Waals surface area (Å²) >= 11 is 3.53. The largest absolute Gasteiger partial charge is 0.416 e. The highest BCUT2D eigenvalue weighted by Gasteiger charge is 2.32. The van der Waals surface area contributed by atoms with Crippen molar-refractivity contribution in [1.82, 2.24) is 5.32 Å². The third-order valence-corrected chi connectivity index (χ3v) is 5.90. The molecule has 178 valence electrons. The van der Waals surface area contributed by atoms with Crippen molar-refractivity contribution < 1.29 is 13.2 Å². The number of anilines is 1. The van der Waals surface area contributed by atoms with Crippen molar-refractivity contribution in [2.75, 3.05) is 5.73 Å². The number of nitrogens with zero attached hydrogens (tertiary/aromatic N) is 1. The zero-order valence-electron chi connectivity index (χ0n) is 18.9. The molecule has 7 heteroatoms. The summed E-state index contributed by atoms with van der Waals surface area (Å²) in [5.74, 6) is 0.365. The van der Waals surface area contributed by atoms with Crippen LogP contribution in [0.3, 0.4) is 0 Å². The molecule has 0 aliphatic heterocycles. The van der Waals surface area contributed by atoms with Gasteiger partial charge in [-0.3, -0.25) is 4.99 Å². The van der Waals surface area contributed by atoms with Crippen LogP contribution in [0.1, 0.15) is 47.6 Å². The van der Waals surface area contributed by atoms with E-state index >= 15 is 0 Å². The van der Waals surface area contributed by atoms with Crippen LogP contribution in [0, 0.1) is 0 Å². The Hall–Kier alpha value is -3.06. The zero-order valence-corrected chi connectivity index (χ0v) is 20.5. The lowest BCUT2D eigenvalue weighted by molar-refractivity contribution is -0.138. The van der Waals surface area contributed by atoms with Crippen molar-refractivity contribution in [3.63, 3.8) is 0 Å². The third-order valence-electron chi connectivity index (χ3n) is 5.41. The Morgan fingerprint density at radius 3 is 2.41 bits per heavy atom. The fraction of sp³-hybridized carbons (Fsp3) is 0.222. The minimum absolute atomic E-state index is 0.0849. The minimum Gasteiger partial charge on any atom is -0.398 e. The molecule has 3 rings (SSSR count).